The van der Waals surface area contributed by atoms with Crippen LogP contribution in [0.4, 0.5) is 10.5 Å². The van der Waals surface area contributed by atoms with Crippen molar-refractivity contribution in [1.29, 1.82) is 0 Å². The Morgan fingerprint density at radius 2 is 1.66 bits per heavy atom. The SMILES string of the molecule is CC1C[C@@H](c2ccc(NC(=O)c3ccccc3)cc2)CN(C(=O)OC(C)(C)C)C1. The minimum atomic E-state index is -0.494. The summed E-state index contributed by atoms with van der Waals surface area (Å²) in [6, 6.07) is 17.1. The molecular formula is C24H30N2O3. The minimum Gasteiger partial charge on any atom is -0.444 e. The van der Waals surface area contributed by atoms with Crippen molar-refractivity contribution < 1.29 is 14.3 Å². The molecule has 1 saturated heterocycles. The molecular weight excluding hydrogens is 364 g/mol. The highest BCUT2D eigenvalue weighted by molar-refractivity contribution is 6.04. The van der Waals surface area contributed by atoms with Gasteiger partial charge in [-0.25, -0.2) is 4.79 Å². The predicted molar refractivity (Wildman–Crippen MR) is 115 cm³/mol. The maximum absolute atomic E-state index is 12.5. The van der Waals surface area contributed by atoms with E-state index in [1.54, 1.807) is 12.1 Å². The van der Waals surface area contributed by atoms with Crippen LogP contribution >= 0.6 is 0 Å². The Balaban J connectivity index is 1.65. The number of hydrogen-bond donors (Lipinski definition) is 1. The van der Waals surface area contributed by atoms with Gasteiger partial charge in [0.15, 0.2) is 0 Å². The van der Waals surface area contributed by atoms with Crippen molar-refractivity contribution in [2.24, 2.45) is 5.92 Å². The summed E-state index contributed by atoms with van der Waals surface area (Å²) in [4.78, 5) is 26.6. The lowest BCUT2D eigenvalue weighted by Crippen LogP contribution is -2.44. The number of likely N-dealkylation sites (tertiary alicyclic amines) is 1. The first-order valence-corrected chi connectivity index (χ1v) is 10.2. The topological polar surface area (TPSA) is 58.6 Å². The number of hydrogen-bond acceptors (Lipinski definition) is 3. The number of amides is 2. The molecule has 154 valence electrons. The van der Waals surface area contributed by atoms with E-state index >= 15 is 0 Å². The van der Waals surface area contributed by atoms with Gasteiger partial charge >= 0.3 is 6.09 Å². The summed E-state index contributed by atoms with van der Waals surface area (Å²) < 4.78 is 5.55. The third kappa shape index (κ3) is 5.83. The van der Waals surface area contributed by atoms with Crippen LogP contribution in [0.2, 0.25) is 0 Å². The van der Waals surface area contributed by atoms with Crippen LogP contribution in [0.1, 0.15) is 56.0 Å². The maximum atomic E-state index is 12.5. The van der Waals surface area contributed by atoms with Gasteiger partial charge in [-0.2, -0.15) is 0 Å². The molecule has 1 N–H and O–H groups in total. The van der Waals surface area contributed by atoms with Crippen molar-refractivity contribution >= 4 is 17.7 Å². The number of rotatable bonds is 3. The summed E-state index contributed by atoms with van der Waals surface area (Å²) in [5.74, 6) is 0.532. The van der Waals surface area contributed by atoms with E-state index in [2.05, 4.69) is 12.2 Å². The van der Waals surface area contributed by atoms with Crippen LogP contribution in [-0.4, -0.2) is 35.6 Å². The second-order valence-electron chi connectivity index (χ2n) is 8.87. The Labute approximate surface area is 173 Å². The van der Waals surface area contributed by atoms with Gasteiger partial charge in [0.25, 0.3) is 5.91 Å². The molecule has 1 aliphatic rings. The first-order valence-electron chi connectivity index (χ1n) is 10.2. The Kier molecular flexibility index (Phi) is 6.26. The number of carbonyl (C=O) groups is 2. The van der Waals surface area contributed by atoms with Gasteiger partial charge in [0.2, 0.25) is 0 Å². The van der Waals surface area contributed by atoms with E-state index in [0.717, 1.165) is 18.7 Å². The average Bonchev–Trinajstić information content (AvgIpc) is 2.67. The molecule has 1 aliphatic heterocycles. The first kappa shape index (κ1) is 20.9. The highest BCUT2D eigenvalue weighted by Crippen LogP contribution is 2.31. The standard InChI is InChI=1S/C24H30N2O3/c1-17-14-20(16-26(15-17)23(28)29-24(2,3)4)18-10-12-21(13-11-18)25-22(27)19-8-6-5-7-9-19/h5-13,17,20H,14-16H2,1-4H3,(H,25,27)/t17?,20-/m1/s1. The zero-order valence-electron chi connectivity index (χ0n) is 17.6. The fraction of sp³-hybridized carbons (Fsp3) is 0.417. The molecule has 2 amide bonds. The predicted octanol–water partition coefficient (Wildman–Crippen LogP) is 5.30. The molecule has 29 heavy (non-hydrogen) atoms. The Morgan fingerprint density at radius 1 is 1.00 bits per heavy atom. The normalized spacial score (nSPS) is 19.5. The van der Waals surface area contributed by atoms with Crippen LogP contribution in [0, 0.1) is 5.92 Å². The average molecular weight is 395 g/mol. The largest absolute Gasteiger partial charge is 0.444 e. The fourth-order valence-corrected chi connectivity index (χ4v) is 3.70. The van der Waals surface area contributed by atoms with Gasteiger partial charge in [-0.3, -0.25) is 4.79 Å². The smallest absolute Gasteiger partial charge is 0.410 e. The summed E-state index contributed by atoms with van der Waals surface area (Å²) in [5, 5.41) is 2.93. The van der Waals surface area contributed by atoms with E-state index in [1.165, 1.54) is 5.56 Å². The van der Waals surface area contributed by atoms with Crippen LogP contribution in [0.3, 0.4) is 0 Å². The van der Waals surface area contributed by atoms with Crippen molar-refractivity contribution in [3.05, 3.63) is 65.7 Å². The molecule has 0 aromatic heterocycles. The van der Waals surface area contributed by atoms with Gasteiger partial charge in [0.1, 0.15) is 5.60 Å². The van der Waals surface area contributed by atoms with Crippen LogP contribution in [0.25, 0.3) is 0 Å². The van der Waals surface area contributed by atoms with E-state index in [0.29, 0.717) is 18.0 Å². The second kappa shape index (κ2) is 8.68. The number of nitrogens with zero attached hydrogens (tertiary/aromatic N) is 1. The lowest BCUT2D eigenvalue weighted by atomic mass is 9.85. The first-order chi connectivity index (χ1) is 13.7. The number of nitrogens with one attached hydrogen (secondary N) is 1. The molecule has 2 aromatic rings. The van der Waals surface area contributed by atoms with Gasteiger partial charge in [0.05, 0.1) is 0 Å². The molecule has 0 aliphatic carbocycles. The molecule has 0 spiro atoms. The van der Waals surface area contributed by atoms with Crippen molar-refractivity contribution in [1.82, 2.24) is 4.90 Å². The number of piperidine rings is 1. The number of carbonyl (C=O) groups excluding carboxylic acids is 2. The minimum absolute atomic E-state index is 0.124. The number of benzene rings is 2. The molecule has 3 rings (SSSR count). The van der Waals surface area contributed by atoms with Crippen LogP contribution in [0.15, 0.2) is 54.6 Å². The van der Waals surface area contributed by atoms with E-state index in [1.807, 2.05) is 68.1 Å². The van der Waals surface area contributed by atoms with Gasteiger partial charge in [0, 0.05) is 30.3 Å². The maximum Gasteiger partial charge on any atom is 0.410 e. The summed E-state index contributed by atoms with van der Waals surface area (Å²) in [6.07, 6.45) is 0.774. The Hall–Kier alpha value is -2.82. The molecule has 5 nitrogen and oxygen atoms in total. The highest BCUT2D eigenvalue weighted by Gasteiger charge is 2.31. The Bertz CT molecular complexity index is 841. The van der Waals surface area contributed by atoms with Crippen molar-refractivity contribution in [3.63, 3.8) is 0 Å². The fourth-order valence-electron chi connectivity index (χ4n) is 3.70. The van der Waals surface area contributed by atoms with Crippen LogP contribution in [0.5, 0.6) is 0 Å². The molecule has 5 heteroatoms. The molecule has 2 atom stereocenters. The molecule has 2 aromatic carbocycles. The molecule has 0 radical (unpaired) electrons. The zero-order chi connectivity index (χ0) is 21.0. The lowest BCUT2D eigenvalue weighted by Gasteiger charge is -2.37. The van der Waals surface area contributed by atoms with E-state index in [-0.39, 0.29) is 17.9 Å². The summed E-state index contributed by atoms with van der Waals surface area (Å²) >= 11 is 0. The molecule has 1 fully saturated rings. The number of anilines is 1. The summed E-state index contributed by atoms with van der Waals surface area (Å²) in [6.45, 7) is 9.19. The molecule has 1 heterocycles. The van der Waals surface area contributed by atoms with Crippen LogP contribution in [-0.2, 0) is 4.74 Å². The quantitative estimate of drug-likeness (QED) is 0.768. The van der Waals surface area contributed by atoms with Gasteiger partial charge < -0.3 is 15.0 Å². The van der Waals surface area contributed by atoms with E-state index in [4.69, 9.17) is 4.74 Å². The van der Waals surface area contributed by atoms with Gasteiger partial charge in [-0.15, -0.1) is 0 Å². The zero-order valence-corrected chi connectivity index (χ0v) is 17.6. The van der Waals surface area contributed by atoms with Crippen molar-refractivity contribution in [2.75, 3.05) is 18.4 Å². The van der Waals surface area contributed by atoms with Crippen LogP contribution < -0.4 is 5.32 Å². The third-order valence-electron chi connectivity index (χ3n) is 4.99. The van der Waals surface area contributed by atoms with Gasteiger partial charge in [-0.05, 0) is 62.9 Å². The van der Waals surface area contributed by atoms with Gasteiger partial charge in [-0.1, -0.05) is 37.3 Å². The second-order valence-corrected chi connectivity index (χ2v) is 8.87. The summed E-state index contributed by atoms with van der Waals surface area (Å²) in [7, 11) is 0. The molecule has 0 saturated carbocycles. The third-order valence-corrected chi connectivity index (χ3v) is 4.99. The molecule has 1 unspecified atom stereocenters. The van der Waals surface area contributed by atoms with Crippen molar-refractivity contribution in [3.8, 4) is 0 Å². The monoisotopic (exact) mass is 394 g/mol. The lowest BCUT2D eigenvalue weighted by molar-refractivity contribution is 0.0151. The van der Waals surface area contributed by atoms with Crippen molar-refractivity contribution in [2.45, 2.75) is 45.6 Å². The highest BCUT2D eigenvalue weighted by atomic mass is 16.6. The van der Waals surface area contributed by atoms with E-state index < -0.39 is 5.60 Å². The molecule has 0 bridgehead atoms. The van der Waals surface area contributed by atoms with E-state index in [9.17, 15) is 9.59 Å². The number of ether oxygens (including phenoxy) is 1. The summed E-state index contributed by atoms with van der Waals surface area (Å²) in [5.41, 5.74) is 2.07. The Morgan fingerprint density at radius 3 is 2.28 bits per heavy atom.